The summed E-state index contributed by atoms with van der Waals surface area (Å²) in [5, 5.41) is 12.5. The molecule has 0 aliphatic carbocycles. The number of aromatic nitrogens is 3. The number of hydrogen-bond acceptors (Lipinski definition) is 6. The minimum atomic E-state index is 0. The first-order valence-corrected chi connectivity index (χ1v) is 50.3. The predicted octanol–water partition coefficient (Wildman–Crippen LogP) is 38.8. The number of rotatable bonds is 18. The fourth-order valence-corrected chi connectivity index (χ4v) is 21.1. The molecule has 0 amide bonds. The number of thiophene rings is 1. The van der Waals surface area contributed by atoms with Gasteiger partial charge < -0.3 is 19.8 Å². The number of aryl methyl sites for hydroxylation is 1. The molecule has 7 heteroatoms. The fraction of sp³-hybridized carbons (Fsp3) is 0.00714. The first-order valence-electron chi connectivity index (χ1n) is 49.5. The van der Waals surface area contributed by atoms with E-state index in [0.29, 0.717) is 0 Å². The van der Waals surface area contributed by atoms with E-state index < -0.39 is 0 Å². The molecule has 4 heterocycles. The van der Waals surface area contributed by atoms with Gasteiger partial charge in [0.05, 0.1) is 16.1 Å². The number of fused-ring (bicyclic) bond motifs is 7. The summed E-state index contributed by atoms with van der Waals surface area (Å²) in [6.45, 7) is 2.12. The molecule has 0 aliphatic heterocycles. The molecular formula is C140H97IrN5S-2. The zero-order valence-corrected chi connectivity index (χ0v) is 84.0. The molecule has 699 valence electrons. The molecule has 5 nitrogen and oxygen atoms in total. The number of pyridine rings is 3. The van der Waals surface area contributed by atoms with Crippen LogP contribution in [0.4, 0.5) is 34.1 Å². The molecule has 0 spiro atoms. The smallest absolute Gasteiger partial charge is 0.0880 e. The molecule has 0 N–H and O–H groups in total. The Labute approximate surface area is 875 Å². The molecule has 26 aromatic rings. The largest absolute Gasteiger partial charge is 0.311 e. The van der Waals surface area contributed by atoms with Crippen LogP contribution in [0.1, 0.15) is 5.56 Å². The molecule has 22 aromatic carbocycles. The second kappa shape index (κ2) is 43.7. The molecule has 0 unspecified atom stereocenters. The van der Waals surface area contributed by atoms with E-state index in [1.54, 1.807) is 6.20 Å². The third-order valence-corrected chi connectivity index (χ3v) is 28.4. The van der Waals surface area contributed by atoms with Crippen molar-refractivity contribution in [3.63, 3.8) is 0 Å². The first kappa shape index (κ1) is 93.7. The standard InChI is InChI=1S/C66H48N2.C45H27NS.C18H14N.C11H8N.Ir/c1-6-16-49(17-7-1)53-26-37-60(38-27-53)67(61-39-28-54(29-40-61)50-18-8-2-9-19-50)62-41-30-56(31-42-62)57-34-45-64(46-35-57)68(63-43-32-55(33-44-63)51-20-10-3-11-21-51)66-47-36-59(52-22-12-4-13-23-52)48-65(66)58-24-14-5-15-25-58;1-3-11-30-25-32(19-17-28(30)9-1)42-36-14-5-6-15-37(36)43(33-20-18-29-10-2-4-12-31(29)26-33)40-27-34(21-22-38(40)42)44-45-39(23-24-46-44)35-13-7-8-16-41(35)47-45;1-14-12-18(16-10-6-3-7-11-16)19-13-17(14)15-8-4-2-5-9-15;1-2-6-10(7-3-1)11-8-4-5-9-12-11;/h1-48H;1-27H;2-10,12-13H,1H3;1-6,8-9H;/q;;2*-1;. The average Bonchev–Trinajstić information content (AvgIpc) is 1.32. The molecule has 1 radical (unpaired) electrons. The van der Waals surface area contributed by atoms with Crippen LogP contribution in [0.3, 0.4) is 0 Å². The Morgan fingerprint density at radius 3 is 1.04 bits per heavy atom. The Hall–Kier alpha value is -18.2. The maximum Gasteiger partial charge on any atom is 0.0880 e. The number of anilines is 6. The Kier molecular flexibility index (Phi) is 27.9. The molecule has 147 heavy (non-hydrogen) atoms. The minimum Gasteiger partial charge on any atom is -0.311 e. The zero-order chi connectivity index (χ0) is 97.7. The quantitative estimate of drug-likeness (QED) is 0.0633. The molecule has 0 fully saturated rings. The Bertz CT molecular complexity index is 8900. The molecule has 0 atom stereocenters. The van der Waals surface area contributed by atoms with Gasteiger partial charge in [-0.15, -0.1) is 83.1 Å². The van der Waals surface area contributed by atoms with Crippen LogP contribution >= 0.6 is 11.3 Å². The molecule has 0 saturated heterocycles. The number of nitrogens with zero attached hydrogens (tertiary/aromatic N) is 5. The second-order valence-corrected chi connectivity index (χ2v) is 37.4. The fourth-order valence-electron chi connectivity index (χ4n) is 19.9. The van der Waals surface area contributed by atoms with Gasteiger partial charge in [0.15, 0.2) is 0 Å². The monoisotopic (exact) mass is 2070 g/mol. The van der Waals surface area contributed by atoms with Crippen LogP contribution in [0.2, 0.25) is 0 Å². The van der Waals surface area contributed by atoms with Crippen molar-refractivity contribution < 1.29 is 20.1 Å². The van der Waals surface area contributed by atoms with Gasteiger partial charge >= 0.3 is 0 Å². The topological polar surface area (TPSA) is 45.2 Å². The van der Waals surface area contributed by atoms with Gasteiger partial charge in [0.1, 0.15) is 0 Å². The van der Waals surface area contributed by atoms with E-state index in [0.717, 1.165) is 90.2 Å². The van der Waals surface area contributed by atoms with Crippen LogP contribution in [0.5, 0.6) is 0 Å². The summed E-state index contributed by atoms with van der Waals surface area (Å²) in [6.07, 6.45) is 5.70. The van der Waals surface area contributed by atoms with E-state index in [2.05, 4.69) is 506 Å². The van der Waals surface area contributed by atoms with Gasteiger partial charge in [-0.25, -0.2) is 0 Å². The number of benzene rings is 22. The molecule has 0 aliphatic rings. The SMILES string of the molecule is Cc1cc(-c2[c-]cccc2)ncc1-c1ccccc1.[Ir].[c-]1ccccc1-c1ccccn1.c1ccc(-c2ccc(N(c3ccc(-c4ccccc4)cc3)c3ccc(-c4ccc(N(c5ccc(-c6ccccc6)cc5)c5ccc(-c6ccccc6)cc5-c5ccccc5)cc4)cc3)cc2)cc1.c1ccc2cc(-c3c4ccccc4c(-c4ccc5ccccc5c4)c4cc(-c5nccc6c5sc5ccccc56)ccc34)ccc2c1. The van der Waals surface area contributed by atoms with Crippen LogP contribution in [0.15, 0.2) is 571 Å². The van der Waals surface area contributed by atoms with Crippen LogP contribution in [0.25, 0.3) is 197 Å². The van der Waals surface area contributed by atoms with Crippen molar-refractivity contribution in [1.82, 2.24) is 15.0 Å². The van der Waals surface area contributed by atoms with Gasteiger partial charge in [0.2, 0.25) is 0 Å². The third-order valence-electron chi connectivity index (χ3n) is 27.2. The predicted molar refractivity (Wildman–Crippen MR) is 619 cm³/mol. The molecule has 0 saturated carbocycles. The Morgan fingerprint density at radius 1 is 0.218 bits per heavy atom. The maximum atomic E-state index is 5.01. The van der Waals surface area contributed by atoms with Crippen molar-refractivity contribution in [2.75, 3.05) is 9.80 Å². The van der Waals surface area contributed by atoms with E-state index in [-0.39, 0.29) is 20.1 Å². The van der Waals surface area contributed by atoms with Crippen molar-refractivity contribution >= 4 is 109 Å². The summed E-state index contributed by atoms with van der Waals surface area (Å²) in [4.78, 5) is 18.5. The minimum absolute atomic E-state index is 0. The Morgan fingerprint density at radius 2 is 0.585 bits per heavy atom. The summed E-state index contributed by atoms with van der Waals surface area (Å²) in [7, 11) is 0. The molecule has 26 rings (SSSR count). The van der Waals surface area contributed by atoms with Crippen molar-refractivity contribution in [2.45, 2.75) is 6.92 Å². The maximum absolute atomic E-state index is 5.01. The van der Waals surface area contributed by atoms with Crippen molar-refractivity contribution in [2.24, 2.45) is 0 Å². The summed E-state index contributed by atoms with van der Waals surface area (Å²) in [5.74, 6) is 0. The van der Waals surface area contributed by atoms with Gasteiger partial charge in [0.25, 0.3) is 0 Å². The summed E-state index contributed by atoms with van der Waals surface area (Å²) < 4.78 is 2.52. The van der Waals surface area contributed by atoms with Crippen LogP contribution in [-0.2, 0) is 20.1 Å². The van der Waals surface area contributed by atoms with E-state index in [1.165, 1.54) is 147 Å². The summed E-state index contributed by atoms with van der Waals surface area (Å²) in [6, 6.07) is 203. The second-order valence-electron chi connectivity index (χ2n) is 36.3. The summed E-state index contributed by atoms with van der Waals surface area (Å²) >= 11 is 1.83. The van der Waals surface area contributed by atoms with Gasteiger partial charge in [-0.3, -0.25) is 4.98 Å². The normalized spacial score (nSPS) is 11.0. The van der Waals surface area contributed by atoms with Gasteiger partial charge in [-0.05, 0) is 265 Å². The first-order chi connectivity index (χ1) is 72.3. The van der Waals surface area contributed by atoms with Gasteiger partial charge in [0, 0.05) is 99.3 Å². The molecular weight excluding hydrogens is 1980 g/mol. The Balaban J connectivity index is 0.000000132. The van der Waals surface area contributed by atoms with Gasteiger partial charge in [-0.1, -0.05) is 394 Å². The zero-order valence-electron chi connectivity index (χ0n) is 80.7. The number of hydrogen-bond donors (Lipinski definition) is 0. The van der Waals surface area contributed by atoms with E-state index in [4.69, 9.17) is 4.98 Å². The third kappa shape index (κ3) is 20.4. The van der Waals surface area contributed by atoms with E-state index in [1.807, 2.05) is 109 Å². The van der Waals surface area contributed by atoms with E-state index >= 15 is 0 Å². The van der Waals surface area contributed by atoms with Crippen LogP contribution in [0, 0.1) is 19.1 Å². The molecule has 4 aromatic heterocycles. The van der Waals surface area contributed by atoms with E-state index in [9.17, 15) is 0 Å². The van der Waals surface area contributed by atoms with Gasteiger partial charge in [-0.2, -0.15) is 0 Å². The average molecular weight is 2070 g/mol. The van der Waals surface area contributed by atoms with Crippen molar-refractivity contribution in [1.29, 1.82) is 0 Å². The van der Waals surface area contributed by atoms with Crippen molar-refractivity contribution in [3.8, 4) is 134 Å². The van der Waals surface area contributed by atoms with Crippen LogP contribution < -0.4 is 9.80 Å². The summed E-state index contributed by atoms with van der Waals surface area (Å²) in [5.41, 5.74) is 35.5. The molecule has 0 bridgehead atoms. The van der Waals surface area contributed by atoms with Crippen LogP contribution in [-0.4, -0.2) is 15.0 Å². The van der Waals surface area contributed by atoms with Crippen molar-refractivity contribution in [3.05, 3.63) is 588 Å².